The van der Waals surface area contributed by atoms with Gasteiger partial charge in [-0.05, 0) is 18.2 Å². The Morgan fingerprint density at radius 2 is 1.80 bits per heavy atom. The van der Waals surface area contributed by atoms with Gasteiger partial charge in [0.1, 0.15) is 0 Å². The van der Waals surface area contributed by atoms with E-state index in [0.717, 1.165) is 0 Å². The van der Waals surface area contributed by atoms with Gasteiger partial charge in [-0.1, -0.05) is 11.6 Å². The van der Waals surface area contributed by atoms with Crippen LogP contribution in [0, 0.1) is 0 Å². The molecule has 0 saturated carbocycles. The number of hydrogen-bond donors (Lipinski definition) is 4. The quantitative estimate of drug-likeness (QED) is 0.359. The average Bonchev–Trinajstić information content (AvgIpc) is 2.38. The van der Waals surface area contributed by atoms with E-state index in [4.69, 9.17) is 17.3 Å². The molecule has 1 aromatic carbocycles. The van der Waals surface area contributed by atoms with E-state index in [0.29, 0.717) is 11.4 Å². The number of rotatable bonds is 4. The van der Waals surface area contributed by atoms with Crippen LogP contribution in [0.4, 0.5) is 11.4 Å². The summed E-state index contributed by atoms with van der Waals surface area (Å²) in [6.07, 6.45) is 0. The molecule has 20 heavy (non-hydrogen) atoms. The van der Waals surface area contributed by atoms with Crippen molar-refractivity contribution in [2.75, 3.05) is 24.1 Å². The first kappa shape index (κ1) is 15.8. The molecule has 0 aliphatic carbocycles. The Hall–Kier alpha value is -2.28. The number of hydrogen-bond acceptors (Lipinski definition) is 4. The lowest BCUT2D eigenvalue weighted by molar-refractivity contribution is -0.136. The van der Waals surface area contributed by atoms with Crippen LogP contribution in [0.15, 0.2) is 18.2 Å². The van der Waals surface area contributed by atoms with Crippen molar-refractivity contribution >= 4 is 40.7 Å². The van der Waals surface area contributed by atoms with E-state index < -0.39 is 11.8 Å². The molecule has 5 N–H and O–H groups in total. The maximum atomic E-state index is 11.6. The van der Waals surface area contributed by atoms with E-state index in [2.05, 4.69) is 16.0 Å². The molecule has 108 valence electrons. The van der Waals surface area contributed by atoms with E-state index in [1.54, 1.807) is 0 Å². The number of amides is 3. The summed E-state index contributed by atoms with van der Waals surface area (Å²) in [6, 6.07) is 4.50. The number of halogens is 1. The Morgan fingerprint density at radius 3 is 2.40 bits per heavy atom. The molecule has 1 aromatic rings. The fraction of sp³-hybridized carbons (Fsp3) is 0.250. The zero-order chi connectivity index (χ0) is 15.1. The number of nitrogens with two attached hydrogens (primary N) is 1. The minimum atomic E-state index is -0.825. The molecule has 0 saturated heterocycles. The van der Waals surface area contributed by atoms with Crippen molar-refractivity contribution < 1.29 is 14.4 Å². The fourth-order valence-corrected chi connectivity index (χ4v) is 1.47. The first-order chi connectivity index (χ1) is 9.40. The SMILES string of the molecule is CC(=O)NCCNC(=O)C(=O)Nc1ccc(N)c(Cl)c1. The van der Waals surface area contributed by atoms with Crippen molar-refractivity contribution in [3.63, 3.8) is 0 Å². The highest BCUT2D eigenvalue weighted by Gasteiger charge is 2.13. The first-order valence-corrected chi connectivity index (χ1v) is 6.16. The van der Waals surface area contributed by atoms with Gasteiger partial charge in [-0.15, -0.1) is 0 Å². The Morgan fingerprint density at radius 1 is 1.15 bits per heavy atom. The third-order valence-electron chi connectivity index (χ3n) is 2.25. The van der Waals surface area contributed by atoms with Crippen LogP contribution in [0.3, 0.4) is 0 Å². The largest absolute Gasteiger partial charge is 0.398 e. The van der Waals surface area contributed by atoms with Crippen molar-refractivity contribution in [3.05, 3.63) is 23.2 Å². The summed E-state index contributed by atoms with van der Waals surface area (Å²) in [4.78, 5) is 33.6. The molecule has 0 radical (unpaired) electrons. The number of nitrogens with one attached hydrogen (secondary N) is 3. The average molecular weight is 299 g/mol. The van der Waals surface area contributed by atoms with Crippen molar-refractivity contribution in [2.45, 2.75) is 6.92 Å². The maximum Gasteiger partial charge on any atom is 0.313 e. The number of anilines is 2. The van der Waals surface area contributed by atoms with Gasteiger partial charge in [-0.25, -0.2) is 0 Å². The van der Waals surface area contributed by atoms with E-state index in [1.165, 1.54) is 25.1 Å². The van der Waals surface area contributed by atoms with E-state index in [-0.39, 0.29) is 24.0 Å². The molecule has 7 nitrogen and oxygen atoms in total. The summed E-state index contributed by atoms with van der Waals surface area (Å²) in [6.45, 7) is 1.77. The van der Waals surface area contributed by atoms with E-state index in [1.807, 2.05) is 0 Å². The van der Waals surface area contributed by atoms with Gasteiger partial charge < -0.3 is 21.7 Å². The third-order valence-corrected chi connectivity index (χ3v) is 2.58. The molecule has 3 amide bonds. The van der Waals surface area contributed by atoms with Gasteiger partial charge in [0.2, 0.25) is 5.91 Å². The van der Waals surface area contributed by atoms with Crippen LogP contribution in [-0.4, -0.2) is 30.8 Å². The van der Waals surface area contributed by atoms with Gasteiger partial charge in [0, 0.05) is 25.7 Å². The highest BCUT2D eigenvalue weighted by atomic mass is 35.5. The van der Waals surface area contributed by atoms with Crippen molar-refractivity contribution in [1.29, 1.82) is 0 Å². The predicted octanol–water partition coefficient (Wildman–Crippen LogP) is 0.113. The van der Waals surface area contributed by atoms with Crippen molar-refractivity contribution in [2.24, 2.45) is 0 Å². The highest BCUT2D eigenvalue weighted by molar-refractivity contribution is 6.40. The molecule has 0 spiro atoms. The van der Waals surface area contributed by atoms with Crippen LogP contribution in [0.1, 0.15) is 6.92 Å². The molecule has 0 aliphatic rings. The normalized spacial score (nSPS) is 9.70. The summed E-state index contributed by atoms with van der Waals surface area (Å²) in [7, 11) is 0. The smallest absolute Gasteiger partial charge is 0.313 e. The number of carbonyl (C=O) groups is 3. The number of carbonyl (C=O) groups excluding carboxylic acids is 3. The van der Waals surface area contributed by atoms with Crippen LogP contribution in [0.5, 0.6) is 0 Å². The van der Waals surface area contributed by atoms with Crippen LogP contribution in [-0.2, 0) is 14.4 Å². The number of benzene rings is 1. The zero-order valence-electron chi connectivity index (χ0n) is 10.8. The summed E-state index contributed by atoms with van der Waals surface area (Å²) in [5.41, 5.74) is 6.27. The summed E-state index contributed by atoms with van der Waals surface area (Å²) in [5, 5.41) is 7.51. The monoisotopic (exact) mass is 298 g/mol. The molecule has 8 heteroatoms. The fourth-order valence-electron chi connectivity index (χ4n) is 1.29. The van der Waals surface area contributed by atoms with Crippen LogP contribution >= 0.6 is 11.6 Å². The predicted molar refractivity (Wildman–Crippen MR) is 76.2 cm³/mol. The highest BCUT2D eigenvalue weighted by Crippen LogP contribution is 2.22. The lowest BCUT2D eigenvalue weighted by Gasteiger charge is -2.07. The molecule has 0 aromatic heterocycles. The van der Waals surface area contributed by atoms with E-state index in [9.17, 15) is 14.4 Å². The summed E-state index contributed by atoms with van der Waals surface area (Å²) in [5.74, 6) is -1.84. The third kappa shape index (κ3) is 5.15. The molecular weight excluding hydrogens is 284 g/mol. The summed E-state index contributed by atoms with van der Waals surface area (Å²) < 4.78 is 0. The lowest BCUT2D eigenvalue weighted by atomic mass is 10.3. The molecule has 0 fully saturated rings. The van der Waals surface area contributed by atoms with Gasteiger partial charge in [0.25, 0.3) is 0 Å². The standard InChI is InChI=1S/C12H15ClN4O3/c1-7(18)15-4-5-16-11(19)12(20)17-8-2-3-10(14)9(13)6-8/h2-3,6H,4-5,14H2,1H3,(H,15,18)(H,16,19)(H,17,20). The first-order valence-electron chi connectivity index (χ1n) is 5.79. The van der Waals surface area contributed by atoms with Crippen LogP contribution < -0.4 is 21.7 Å². The minimum absolute atomic E-state index is 0.161. The molecule has 0 bridgehead atoms. The lowest BCUT2D eigenvalue weighted by Crippen LogP contribution is -2.39. The molecule has 0 atom stereocenters. The molecule has 1 rings (SSSR count). The Balaban J connectivity index is 2.43. The van der Waals surface area contributed by atoms with Crippen molar-refractivity contribution in [3.8, 4) is 0 Å². The molecule has 0 aliphatic heterocycles. The summed E-state index contributed by atoms with van der Waals surface area (Å²) >= 11 is 5.79. The second kappa shape index (κ2) is 7.34. The van der Waals surface area contributed by atoms with Gasteiger partial charge in [-0.2, -0.15) is 0 Å². The number of nitrogen functional groups attached to an aromatic ring is 1. The second-order valence-electron chi connectivity index (χ2n) is 3.93. The Kier molecular flexibility index (Phi) is 5.79. The van der Waals surface area contributed by atoms with Gasteiger partial charge in [0.05, 0.1) is 10.7 Å². The molecule has 0 heterocycles. The topological polar surface area (TPSA) is 113 Å². The zero-order valence-corrected chi connectivity index (χ0v) is 11.6. The van der Waals surface area contributed by atoms with Crippen LogP contribution in [0.25, 0.3) is 0 Å². The molecular formula is C12H15ClN4O3. The Bertz CT molecular complexity index is 533. The second-order valence-corrected chi connectivity index (χ2v) is 4.34. The van der Waals surface area contributed by atoms with Gasteiger partial charge in [-0.3, -0.25) is 14.4 Å². The van der Waals surface area contributed by atoms with Crippen molar-refractivity contribution in [1.82, 2.24) is 10.6 Å². The van der Waals surface area contributed by atoms with Crippen LogP contribution in [0.2, 0.25) is 5.02 Å². The Labute approximate surface area is 120 Å². The molecule has 0 unspecified atom stereocenters. The maximum absolute atomic E-state index is 11.6. The van der Waals surface area contributed by atoms with Gasteiger partial charge >= 0.3 is 11.8 Å². The van der Waals surface area contributed by atoms with Gasteiger partial charge in [0.15, 0.2) is 0 Å². The van der Waals surface area contributed by atoms with E-state index >= 15 is 0 Å². The minimum Gasteiger partial charge on any atom is -0.398 e.